The molecule has 53 valence electrons. The number of carbonyl (C=O) groups excluding carboxylic acids is 1. The van der Waals surface area contributed by atoms with Crippen molar-refractivity contribution >= 4 is 6.41 Å². The minimum absolute atomic E-state index is 0.127. The van der Waals surface area contributed by atoms with Crippen molar-refractivity contribution in [1.29, 1.82) is 0 Å². The highest BCUT2D eigenvalue weighted by atomic mass is 16.1. The van der Waals surface area contributed by atoms with Crippen LogP contribution in [0, 0.1) is 0 Å². The first-order valence-electron chi connectivity index (χ1n) is 3.01. The van der Waals surface area contributed by atoms with Crippen LogP contribution < -0.4 is 5.32 Å². The third kappa shape index (κ3) is 3.08. The second-order valence-electron chi connectivity index (χ2n) is 2.13. The van der Waals surface area contributed by atoms with E-state index in [1.54, 1.807) is 6.41 Å². The fourth-order valence-electron chi connectivity index (χ4n) is 0.664. The quantitative estimate of drug-likeness (QED) is 0.426. The summed E-state index contributed by atoms with van der Waals surface area (Å²) in [5.74, 6) is 0. The molecular weight excluding hydrogens is 116 g/mol. The normalized spacial score (nSPS) is 13.3. The molecule has 0 saturated carbocycles. The summed E-state index contributed by atoms with van der Waals surface area (Å²) in [6, 6.07) is 0. The van der Waals surface area contributed by atoms with Crippen LogP contribution in [0.1, 0.15) is 13.3 Å². The van der Waals surface area contributed by atoms with Gasteiger partial charge in [-0.1, -0.05) is 6.92 Å². The molecule has 0 fully saturated rings. The number of amides is 1. The van der Waals surface area contributed by atoms with Crippen molar-refractivity contribution in [2.45, 2.75) is 19.5 Å². The summed E-state index contributed by atoms with van der Waals surface area (Å²) < 4.78 is 0. The zero-order valence-electron chi connectivity index (χ0n) is 6.14. The first-order valence-corrected chi connectivity index (χ1v) is 3.01. The topological polar surface area (TPSA) is 32.3 Å². The molecule has 0 heterocycles. The summed E-state index contributed by atoms with van der Waals surface area (Å²) in [6.45, 7) is 2.01. The Morgan fingerprint density at radius 1 is 1.67 bits per heavy atom. The maximum atomic E-state index is 9.82. The van der Waals surface area contributed by atoms with Gasteiger partial charge in [-0.2, -0.15) is 0 Å². The lowest BCUT2D eigenvalue weighted by Gasteiger charge is -2.20. The fraction of sp³-hybridized carbons (Fsp3) is 0.833. The van der Waals surface area contributed by atoms with Gasteiger partial charge in [-0.3, -0.25) is 9.69 Å². The van der Waals surface area contributed by atoms with E-state index >= 15 is 0 Å². The predicted octanol–water partition coefficient (Wildman–Crippen LogP) is -0.0591. The predicted molar refractivity (Wildman–Crippen MR) is 36.6 cm³/mol. The van der Waals surface area contributed by atoms with Crippen LogP contribution in [0.3, 0.4) is 0 Å². The Balaban J connectivity index is 3.53. The van der Waals surface area contributed by atoms with Crippen molar-refractivity contribution < 1.29 is 4.79 Å². The Morgan fingerprint density at radius 2 is 2.22 bits per heavy atom. The van der Waals surface area contributed by atoms with Gasteiger partial charge in [-0.05, 0) is 20.5 Å². The molecule has 1 radical (unpaired) electrons. The maximum Gasteiger partial charge on any atom is 0.310 e. The highest BCUT2D eigenvalue weighted by molar-refractivity contribution is 5.47. The van der Waals surface area contributed by atoms with E-state index in [1.165, 1.54) is 0 Å². The monoisotopic (exact) mass is 129 g/mol. The Hall–Kier alpha value is -0.570. The first-order chi connectivity index (χ1) is 4.22. The van der Waals surface area contributed by atoms with Crippen molar-refractivity contribution in [3.05, 3.63) is 0 Å². The van der Waals surface area contributed by atoms with Gasteiger partial charge in [0.25, 0.3) is 0 Å². The Bertz CT molecular complexity index is 83.1. The fourth-order valence-corrected chi connectivity index (χ4v) is 0.664. The summed E-state index contributed by atoms with van der Waals surface area (Å²) >= 11 is 0. The van der Waals surface area contributed by atoms with Crippen LogP contribution in [0.4, 0.5) is 0 Å². The van der Waals surface area contributed by atoms with Gasteiger partial charge in [0, 0.05) is 0 Å². The number of nitrogens with zero attached hydrogens (tertiary/aromatic N) is 1. The number of rotatable bonds is 4. The lowest BCUT2D eigenvalue weighted by molar-refractivity contribution is 0.265. The van der Waals surface area contributed by atoms with Gasteiger partial charge in [-0.15, -0.1) is 0 Å². The molecule has 0 aliphatic carbocycles. The third-order valence-electron chi connectivity index (χ3n) is 1.24. The summed E-state index contributed by atoms with van der Waals surface area (Å²) in [5, 5.41) is 2.55. The van der Waals surface area contributed by atoms with Gasteiger partial charge in [0.15, 0.2) is 0 Å². The van der Waals surface area contributed by atoms with Crippen molar-refractivity contribution in [2.75, 3.05) is 14.1 Å². The van der Waals surface area contributed by atoms with E-state index in [-0.39, 0.29) is 6.17 Å². The van der Waals surface area contributed by atoms with Gasteiger partial charge in [0.2, 0.25) is 0 Å². The van der Waals surface area contributed by atoms with Crippen LogP contribution in [0.5, 0.6) is 0 Å². The highest BCUT2D eigenvalue weighted by Crippen LogP contribution is 1.91. The zero-order chi connectivity index (χ0) is 7.28. The second kappa shape index (κ2) is 4.32. The van der Waals surface area contributed by atoms with E-state index in [4.69, 9.17) is 0 Å². The van der Waals surface area contributed by atoms with Gasteiger partial charge < -0.3 is 5.32 Å². The maximum absolute atomic E-state index is 9.82. The molecule has 0 spiro atoms. The van der Waals surface area contributed by atoms with Crippen molar-refractivity contribution in [2.24, 2.45) is 0 Å². The molecule has 0 rings (SSSR count). The molecule has 0 aromatic rings. The molecule has 3 heteroatoms. The molecule has 9 heavy (non-hydrogen) atoms. The van der Waals surface area contributed by atoms with E-state index in [0.29, 0.717) is 0 Å². The van der Waals surface area contributed by atoms with Gasteiger partial charge in [0.1, 0.15) is 0 Å². The molecule has 1 amide bonds. The SMILES string of the molecule is CCC(N[C]=O)N(C)C. The summed E-state index contributed by atoms with van der Waals surface area (Å²) in [6.07, 6.45) is 2.69. The molecule has 0 aliphatic heterocycles. The Labute approximate surface area is 56.0 Å². The van der Waals surface area contributed by atoms with Gasteiger partial charge in [0.05, 0.1) is 6.17 Å². The molecule has 1 atom stereocenters. The van der Waals surface area contributed by atoms with Gasteiger partial charge in [-0.25, -0.2) is 0 Å². The second-order valence-corrected chi connectivity index (χ2v) is 2.13. The molecule has 1 unspecified atom stereocenters. The number of hydrogen-bond acceptors (Lipinski definition) is 2. The van der Waals surface area contributed by atoms with Crippen LogP contribution in [0.15, 0.2) is 0 Å². The van der Waals surface area contributed by atoms with Crippen LogP contribution >= 0.6 is 0 Å². The summed E-state index contributed by atoms with van der Waals surface area (Å²) in [5.41, 5.74) is 0. The molecule has 0 aromatic carbocycles. The van der Waals surface area contributed by atoms with E-state index in [9.17, 15) is 4.79 Å². The first kappa shape index (κ1) is 8.43. The number of nitrogens with one attached hydrogen (secondary N) is 1. The van der Waals surface area contributed by atoms with Crippen LogP contribution in [0.25, 0.3) is 0 Å². The largest absolute Gasteiger partial charge is 0.332 e. The van der Waals surface area contributed by atoms with E-state index < -0.39 is 0 Å². The molecular formula is C6H13N2O. The minimum Gasteiger partial charge on any atom is -0.332 e. The van der Waals surface area contributed by atoms with Crippen LogP contribution in [-0.4, -0.2) is 31.6 Å². The van der Waals surface area contributed by atoms with Crippen LogP contribution in [0.2, 0.25) is 0 Å². The molecule has 0 bridgehead atoms. The molecule has 3 nitrogen and oxygen atoms in total. The molecule has 1 N–H and O–H groups in total. The Kier molecular flexibility index (Phi) is 4.05. The average Bonchev–Trinajstić information content (AvgIpc) is 1.82. The smallest absolute Gasteiger partial charge is 0.310 e. The number of hydrogen-bond donors (Lipinski definition) is 1. The molecule has 0 saturated heterocycles. The molecule has 0 aromatic heterocycles. The summed E-state index contributed by atoms with van der Waals surface area (Å²) in [4.78, 5) is 11.8. The minimum atomic E-state index is 0.127. The lowest BCUT2D eigenvalue weighted by atomic mass is 10.3. The Morgan fingerprint density at radius 3 is 2.33 bits per heavy atom. The van der Waals surface area contributed by atoms with Crippen molar-refractivity contribution in [1.82, 2.24) is 10.2 Å². The zero-order valence-corrected chi connectivity index (χ0v) is 6.14. The van der Waals surface area contributed by atoms with Gasteiger partial charge >= 0.3 is 6.41 Å². The highest BCUT2D eigenvalue weighted by Gasteiger charge is 2.04. The lowest BCUT2D eigenvalue weighted by Crippen LogP contribution is -2.39. The van der Waals surface area contributed by atoms with E-state index in [0.717, 1.165) is 6.42 Å². The van der Waals surface area contributed by atoms with Crippen molar-refractivity contribution in [3.8, 4) is 0 Å². The van der Waals surface area contributed by atoms with E-state index in [1.807, 2.05) is 25.9 Å². The third-order valence-corrected chi connectivity index (χ3v) is 1.24. The van der Waals surface area contributed by atoms with Crippen molar-refractivity contribution in [3.63, 3.8) is 0 Å². The van der Waals surface area contributed by atoms with E-state index in [2.05, 4.69) is 5.32 Å². The summed E-state index contributed by atoms with van der Waals surface area (Å²) in [7, 11) is 3.83. The van der Waals surface area contributed by atoms with Crippen LogP contribution in [-0.2, 0) is 4.79 Å². The standard InChI is InChI=1S/C6H13N2O/c1-4-6(7-5-9)8(2)3/h6H,4H2,1-3H3,(H,7,9). The molecule has 0 aliphatic rings. The average molecular weight is 129 g/mol.